The van der Waals surface area contributed by atoms with Gasteiger partial charge in [-0.3, -0.25) is 9.78 Å². The van der Waals surface area contributed by atoms with Crippen molar-refractivity contribution < 1.29 is 0 Å². The van der Waals surface area contributed by atoms with E-state index in [1.165, 1.54) is 15.8 Å². The summed E-state index contributed by atoms with van der Waals surface area (Å²) in [6.45, 7) is 10.5. The molecule has 1 N–H and O–H groups in total. The quantitative estimate of drug-likeness (QED) is 0.790. The van der Waals surface area contributed by atoms with Crippen LogP contribution < -0.4 is 11.2 Å². The first-order valence-electron chi connectivity index (χ1n) is 8.59. The number of aryl methyl sites for hydroxylation is 1. The van der Waals surface area contributed by atoms with E-state index in [1.807, 2.05) is 38.1 Å². The zero-order chi connectivity index (χ0) is 19.1. The SMILES string of the molecule is Cc1cc(-n2ncc(=O)[nH]c2=O)c(C)c(C)c1C(C)(C)c1ccccc1. The van der Waals surface area contributed by atoms with E-state index < -0.39 is 11.2 Å². The first kappa shape index (κ1) is 17.9. The normalized spacial score (nSPS) is 11.6. The largest absolute Gasteiger partial charge is 0.349 e. The molecule has 0 fully saturated rings. The Kier molecular flexibility index (Phi) is 4.40. The molecule has 0 bridgehead atoms. The molecule has 0 aliphatic heterocycles. The van der Waals surface area contributed by atoms with E-state index in [1.54, 1.807) is 0 Å². The third-order valence-corrected chi connectivity index (χ3v) is 5.13. The van der Waals surface area contributed by atoms with Crippen LogP contribution in [-0.2, 0) is 5.41 Å². The lowest BCUT2D eigenvalue weighted by Crippen LogP contribution is -2.31. The van der Waals surface area contributed by atoms with Gasteiger partial charge in [0.1, 0.15) is 6.20 Å². The van der Waals surface area contributed by atoms with Gasteiger partial charge in [0.25, 0.3) is 5.56 Å². The fourth-order valence-corrected chi connectivity index (χ4v) is 3.77. The summed E-state index contributed by atoms with van der Waals surface area (Å²) < 4.78 is 1.25. The number of hydrogen-bond acceptors (Lipinski definition) is 3. The second-order valence-electron chi connectivity index (χ2n) is 7.18. The Morgan fingerprint density at radius 2 is 1.65 bits per heavy atom. The van der Waals surface area contributed by atoms with Gasteiger partial charge in [-0.25, -0.2) is 4.79 Å². The zero-order valence-corrected chi connectivity index (χ0v) is 15.8. The number of rotatable bonds is 3. The van der Waals surface area contributed by atoms with Crippen molar-refractivity contribution in [2.24, 2.45) is 0 Å². The molecule has 0 amide bonds. The summed E-state index contributed by atoms with van der Waals surface area (Å²) in [7, 11) is 0. The van der Waals surface area contributed by atoms with Crippen molar-refractivity contribution in [3.05, 3.63) is 91.3 Å². The van der Waals surface area contributed by atoms with E-state index in [4.69, 9.17) is 0 Å². The molecule has 0 saturated heterocycles. The number of benzene rings is 2. The summed E-state index contributed by atoms with van der Waals surface area (Å²) in [5, 5.41) is 4.00. The summed E-state index contributed by atoms with van der Waals surface area (Å²) in [5.41, 5.74) is 5.12. The van der Waals surface area contributed by atoms with E-state index in [9.17, 15) is 9.59 Å². The van der Waals surface area contributed by atoms with Crippen molar-refractivity contribution in [1.82, 2.24) is 14.8 Å². The van der Waals surface area contributed by atoms with Crippen molar-refractivity contribution in [3.63, 3.8) is 0 Å². The molecule has 0 radical (unpaired) electrons. The molecule has 1 heterocycles. The first-order valence-corrected chi connectivity index (χ1v) is 8.59. The van der Waals surface area contributed by atoms with Gasteiger partial charge in [0.2, 0.25) is 0 Å². The summed E-state index contributed by atoms with van der Waals surface area (Å²) >= 11 is 0. The standard InChI is InChI=1S/C21H23N3O2/c1-13-11-17(24-20(26)23-18(25)12-22-24)14(2)15(3)19(13)21(4,5)16-9-7-6-8-10-16/h6-12H,1-5H3,(H,23,25,26). The van der Waals surface area contributed by atoms with E-state index in [-0.39, 0.29) is 5.41 Å². The fourth-order valence-electron chi connectivity index (χ4n) is 3.77. The minimum Gasteiger partial charge on any atom is -0.271 e. The van der Waals surface area contributed by atoms with Crippen LogP contribution in [0.1, 0.15) is 41.7 Å². The number of nitrogens with zero attached hydrogens (tertiary/aromatic N) is 2. The molecular weight excluding hydrogens is 326 g/mol. The highest BCUT2D eigenvalue weighted by Crippen LogP contribution is 2.38. The minimum atomic E-state index is -0.533. The second-order valence-corrected chi connectivity index (χ2v) is 7.18. The Balaban J connectivity index is 2.24. The topological polar surface area (TPSA) is 67.8 Å². The zero-order valence-electron chi connectivity index (χ0n) is 15.8. The average Bonchev–Trinajstić information content (AvgIpc) is 2.59. The van der Waals surface area contributed by atoms with E-state index in [0.29, 0.717) is 5.69 Å². The summed E-state index contributed by atoms with van der Waals surface area (Å²) in [5.74, 6) is 0. The van der Waals surface area contributed by atoms with Gasteiger partial charge in [-0.05, 0) is 54.7 Å². The van der Waals surface area contributed by atoms with Crippen molar-refractivity contribution in [1.29, 1.82) is 0 Å². The van der Waals surface area contributed by atoms with E-state index in [0.717, 1.165) is 22.9 Å². The summed E-state index contributed by atoms with van der Waals surface area (Å²) in [6, 6.07) is 12.3. The molecule has 0 aliphatic carbocycles. The Labute approximate surface area is 152 Å². The number of aromatic amines is 1. The predicted molar refractivity (Wildman–Crippen MR) is 103 cm³/mol. The maximum absolute atomic E-state index is 12.2. The predicted octanol–water partition coefficient (Wildman–Crippen LogP) is 3.17. The van der Waals surface area contributed by atoms with Gasteiger partial charge in [-0.15, -0.1) is 0 Å². The summed E-state index contributed by atoms with van der Waals surface area (Å²) in [4.78, 5) is 25.7. The van der Waals surface area contributed by atoms with Crippen LogP contribution in [0.15, 0.2) is 52.2 Å². The van der Waals surface area contributed by atoms with Crippen LogP contribution in [0.2, 0.25) is 0 Å². The Morgan fingerprint density at radius 3 is 2.27 bits per heavy atom. The summed E-state index contributed by atoms with van der Waals surface area (Å²) in [6.07, 6.45) is 1.12. The van der Waals surface area contributed by atoms with Crippen LogP contribution in [-0.4, -0.2) is 14.8 Å². The first-order chi connectivity index (χ1) is 12.2. The molecule has 3 aromatic rings. The Bertz CT molecular complexity index is 1080. The van der Waals surface area contributed by atoms with Crippen molar-refractivity contribution >= 4 is 0 Å². The Morgan fingerprint density at radius 1 is 1.00 bits per heavy atom. The number of H-pyrrole nitrogens is 1. The van der Waals surface area contributed by atoms with Crippen molar-refractivity contribution in [3.8, 4) is 5.69 Å². The lowest BCUT2D eigenvalue weighted by atomic mass is 9.73. The molecule has 5 nitrogen and oxygen atoms in total. The molecule has 0 spiro atoms. The van der Waals surface area contributed by atoms with Gasteiger partial charge in [-0.2, -0.15) is 9.78 Å². The average molecular weight is 349 g/mol. The number of hydrogen-bond donors (Lipinski definition) is 1. The second kappa shape index (κ2) is 6.41. The van der Waals surface area contributed by atoms with Crippen LogP contribution in [0.4, 0.5) is 0 Å². The van der Waals surface area contributed by atoms with E-state index >= 15 is 0 Å². The highest BCUT2D eigenvalue weighted by Gasteiger charge is 2.28. The van der Waals surface area contributed by atoms with Crippen LogP contribution in [0, 0.1) is 20.8 Å². The monoisotopic (exact) mass is 349 g/mol. The molecule has 3 rings (SSSR count). The highest BCUT2D eigenvalue weighted by molar-refractivity contribution is 5.56. The number of nitrogens with one attached hydrogen (secondary N) is 1. The molecule has 134 valence electrons. The fraction of sp³-hybridized carbons (Fsp3) is 0.286. The molecular formula is C21H23N3O2. The molecule has 26 heavy (non-hydrogen) atoms. The van der Waals surface area contributed by atoms with Gasteiger partial charge < -0.3 is 0 Å². The molecule has 5 heteroatoms. The molecule has 0 atom stereocenters. The van der Waals surface area contributed by atoms with Crippen LogP contribution >= 0.6 is 0 Å². The van der Waals surface area contributed by atoms with Gasteiger partial charge in [0.15, 0.2) is 0 Å². The van der Waals surface area contributed by atoms with E-state index in [2.05, 4.69) is 43.0 Å². The lowest BCUT2D eigenvalue weighted by molar-refractivity contribution is 0.628. The number of aromatic nitrogens is 3. The van der Waals surface area contributed by atoms with Gasteiger partial charge in [0.05, 0.1) is 5.69 Å². The molecule has 1 aromatic heterocycles. The highest BCUT2D eigenvalue weighted by atomic mass is 16.2. The van der Waals surface area contributed by atoms with Crippen LogP contribution in [0.3, 0.4) is 0 Å². The van der Waals surface area contributed by atoms with Gasteiger partial charge in [0, 0.05) is 5.41 Å². The molecule has 2 aromatic carbocycles. The van der Waals surface area contributed by atoms with Crippen LogP contribution in [0.5, 0.6) is 0 Å². The third kappa shape index (κ3) is 2.90. The molecule has 0 aliphatic rings. The molecule has 0 unspecified atom stereocenters. The van der Waals surface area contributed by atoms with Gasteiger partial charge >= 0.3 is 5.69 Å². The third-order valence-electron chi connectivity index (χ3n) is 5.13. The lowest BCUT2D eigenvalue weighted by Gasteiger charge is -2.31. The van der Waals surface area contributed by atoms with Gasteiger partial charge in [-0.1, -0.05) is 44.2 Å². The smallest absolute Gasteiger partial charge is 0.271 e. The minimum absolute atomic E-state index is 0.178. The maximum Gasteiger partial charge on any atom is 0.349 e. The van der Waals surface area contributed by atoms with Crippen molar-refractivity contribution in [2.45, 2.75) is 40.0 Å². The molecule has 0 saturated carbocycles. The van der Waals surface area contributed by atoms with Crippen molar-refractivity contribution in [2.75, 3.05) is 0 Å². The Hall–Kier alpha value is -2.95. The van der Waals surface area contributed by atoms with Crippen LogP contribution in [0.25, 0.3) is 5.69 Å². The maximum atomic E-state index is 12.2.